The highest BCUT2D eigenvalue weighted by Crippen LogP contribution is 2.37. The first-order valence-corrected chi connectivity index (χ1v) is 16.4. The van der Waals surface area contributed by atoms with Crippen molar-refractivity contribution in [2.24, 2.45) is 23.0 Å². The van der Waals surface area contributed by atoms with Gasteiger partial charge in [-0.05, 0) is 49.1 Å². The Kier molecular flexibility index (Phi) is 17.6. The Labute approximate surface area is 278 Å². The van der Waals surface area contributed by atoms with E-state index >= 15 is 0 Å². The summed E-state index contributed by atoms with van der Waals surface area (Å²) in [4.78, 5) is 46.1. The molecular formula is C33H56N4O10. The highest BCUT2D eigenvalue weighted by atomic mass is 17.1. The number of anilines is 1. The van der Waals surface area contributed by atoms with Gasteiger partial charge < -0.3 is 34.9 Å². The number of para-hydroxylation sites is 2. The minimum Gasteiger partial charge on any atom is -0.484 e. The van der Waals surface area contributed by atoms with Crippen LogP contribution in [0.25, 0.3) is 0 Å². The molecule has 14 nitrogen and oxygen atoms in total. The second kappa shape index (κ2) is 20.5. The Bertz CT molecular complexity index is 1100. The van der Waals surface area contributed by atoms with Crippen LogP contribution >= 0.6 is 0 Å². The summed E-state index contributed by atoms with van der Waals surface area (Å²) in [7, 11) is 1.54. The normalized spacial score (nSPS) is 16.7. The number of benzene rings is 1. The van der Waals surface area contributed by atoms with Crippen LogP contribution < -0.4 is 20.7 Å². The number of hydrogen-bond acceptors (Lipinski definition) is 12. The van der Waals surface area contributed by atoms with Crippen molar-refractivity contribution in [3.63, 3.8) is 0 Å². The van der Waals surface area contributed by atoms with Gasteiger partial charge in [0.05, 0.1) is 30.8 Å². The zero-order valence-electron chi connectivity index (χ0n) is 28.8. The first kappa shape index (κ1) is 40.3. The molecule has 2 rings (SSSR count). The lowest BCUT2D eigenvalue weighted by molar-refractivity contribution is -0.492. The van der Waals surface area contributed by atoms with E-state index in [-0.39, 0.29) is 69.5 Å². The van der Waals surface area contributed by atoms with Gasteiger partial charge in [0, 0.05) is 38.5 Å². The number of nitrogens with zero attached hydrogens (tertiary/aromatic N) is 2. The van der Waals surface area contributed by atoms with Crippen LogP contribution in [0.3, 0.4) is 0 Å². The van der Waals surface area contributed by atoms with Crippen LogP contribution in [0.5, 0.6) is 5.75 Å². The molecule has 0 aliphatic carbocycles. The third-order valence-corrected chi connectivity index (χ3v) is 8.01. The monoisotopic (exact) mass is 668 g/mol. The largest absolute Gasteiger partial charge is 0.484 e. The number of methoxy groups -OCH3 is 1. The van der Waals surface area contributed by atoms with Gasteiger partial charge in [-0.1, -0.05) is 53.2 Å². The van der Waals surface area contributed by atoms with E-state index in [0.29, 0.717) is 30.9 Å². The van der Waals surface area contributed by atoms with E-state index in [1.165, 1.54) is 7.11 Å². The quantitative estimate of drug-likeness (QED) is 0.0608. The summed E-state index contributed by atoms with van der Waals surface area (Å²) < 4.78 is 22.4. The van der Waals surface area contributed by atoms with Gasteiger partial charge in [0.2, 0.25) is 11.8 Å². The minimum atomic E-state index is -0.805. The average Bonchev–Trinajstić information content (AvgIpc) is 3.00. The number of nitrogens with two attached hydrogens (primary N) is 1. The highest BCUT2D eigenvalue weighted by molar-refractivity contribution is 5.95. The summed E-state index contributed by atoms with van der Waals surface area (Å²) in [5.74, 6) is -0.692. The number of carbonyl (C=O) groups excluding carboxylic acids is 3. The van der Waals surface area contributed by atoms with Crippen molar-refractivity contribution in [1.82, 2.24) is 10.7 Å². The van der Waals surface area contributed by atoms with Crippen LogP contribution in [0.1, 0.15) is 79.6 Å². The summed E-state index contributed by atoms with van der Waals surface area (Å²) in [6.07, 6.45) is 1.43. The van der Waals surface area contributed by atoms with Crippen LogP contribution in [0.15, 0.2) is 24.3 Å². The number of esters is 1. The Morgan fingerprint density at radius 3 is 2.57 bits per heavy atom. The van der Waals surface area contributed by atoms with Gasteiger partial charge in [-0.15, -0.1) is 0 Å². The van der Waals surface area contributed by atoms with E-state index in [1.807, 2.05) is 58.9 Å². The summed E-state index contributed by atoms with van der Waals surface area (Å²) in [6.45, 7) is 10.9. The summed E-state index contributed by atoms with van der Waals surface area (Å²) in [6, 6.07) is 6.68. The van der Waals surface area contributed by atoms with Gasteiger partial charge in [-0.2, -0.15) is 0 Å². The van der Waals surface area contributed by atoms with Gasteiger partial charge in [-0.3, -0.25) is 29.6 Å². The van der Waals surface area contributed by atoms with Crippen LogP contribution in [-0.2, 0) is 33.4 Å². The summed E-state index contributed by atoms with van der Waals surface area (Å²) in [5.41, 5.74) is 6.83. The topological polar surface area (TPSA) is 182 Å². The molecule has 268 valence electrons. The number of carbonyl (C=O) groups is 3. The molecule has 14 heteroatoms. The number of fused-ring (bicyclic) bond motifs is 1. The van der Waals surface area contributed by atoms with E-state index in [9.17, 15) is 14.4 Å². The maximum atomic E-state index is 13.8. The summed E-state index contributed by atoms with van der Waals surface area (Å²) in [5, 5.41) is 20.0. The Hall–Kier alpha value is -2.85. The molecule has 4 atom stereocenters. The fraction of sp³-hybridized carbons (Fsp3) is 0.727. The standard InChI is InChI=1S/C33H56N4O10/c1-7-8-15-35-32(40)25(23(2)3)17-29(47-31(39)14-11-16-45-37(41)42)26(34)18-33(4,5)19-30(38)36-20-24(21-44-22-43-6)46-28-13-10-9-12-27(28)36/h9-10,12-13,23-26,29,41-42H,7-8,11,14-22,34H2,1-6H3,(H,35,40)/t24-,25+,26?,29+/m1/s1. The van der Waals surface area contributed by atoms with Crippen molar-refractivity contribution in [2.75, 3.05) is 45.1 Å². The van der Waals surface area contributed by atoms with E-state index in [4.69, 9.17) is 35.1 Å². The van der Waals surface area contributed by atoms with Crippen molar-refractivity contribution in [2.45, 2.75) is 97.8 Å². The van der Waals surface area contributed by atoms with E-state index in [1.54, 1.807) is 4.90 Å². The van der Waals surface area contributed by atoms with E-state index in [2.05, 4.69) is 10.2 Å². The smallest absolute Gasteiger partial charge is 0.306 e. The predicted molar refractivity (Wildman–Crippen MR) is 173 cm³/mol. The third-order valence-electron chi connectivity index (χ3n) is 8.01. The molecule has 0 radical (unpaired) electrons. The molecule has 1 aromatic carbocycles. The number of unbranched alkanes of at least 4 members (excludes halogenated alkanes) is 1. The number of hydrogen-bond donors (Lipinski definition) is 4. The minimum absolute atomic E-state index is 0.0460. The van der Waals surface area contributed by atoms with Gasteiger partial charge in [0.15, 0.2) is 0 Å². The number of rotatable bonds is 22. The lowest BCUT2D eigenvalue weighted by atomic mass is 9.78. The molecule has 0 spiro atoms. The molecular weight excluding hydrogens is 612 g/mol. The Balaban J connectivity index is 2.18. The summed E-state index contributed by atoms with van der Waals surface area (Å²) >= 11 is 0. The lowest BCUT2D eigenvalue weighted by Crippen LogP contribution is -2.48. The van der Waals surface area contributed by atoms with Crippen LogP contribution in [0.4, 0.5) is 5.69 Å². The average molecular weight is 669 g/mol. The zero-order valence-corrected chi connectivity index (χ0v) is 28.8. The van der Waals surface area contributed by atoms with Gasteiger partial charge in [-0.25, -0.2) is 0 Å². The molecule has 1 aliphatic heterocycles. The fourth-order valence-electron chi connectivity index (χ4n) is 5.58. The molecule has 0 bridgehead atoms. The molecule has 2 amide bonds. The third kappa shape index (κ3) is 14.4. The molecule has 1 aromatic rings. The molecule has 1 unspecified atom stereocenters. The molecule has 1 aliphatic rings. The second-order valence-corrected chi connectivity index (χ2v) is 13.1. The van der Waals surface area contributed by atoms with Crippen molar-refractivity contribution in [3.05, 3.63) is 24.3 Å². The lowest BCUT2D eigenvalue weighted by Gasteiger charge is -2.38. The van der Waals surface area contributed by atoms with E-state index < -0.39 is 34.8 Å². The van der Waals surface area contributed by atoms with Gasteiger partial charge in [0.25, 0.3) is 0 Å². The van der Waals surface area contributed by atoms with Crippen LogP contribution in [-0.4, -0.2) is 92.0 Å². The molecule has 1 heterocycles. The second-order valence-electron chi connectivity index (χ2n) is 13.1. The van der Waals surface area contributed by atoms with Crippen molar-refractivity contribution in [1.29, 1.82) is 0 Å². The zero-order chi connectivity index (χ0) is 35.0. The number of amides is 2. The first-order chi connectivity index (χ1) is 22.3. The van der Waals surface area contributed by atoms with Crippen molar-refractivity contribution < 1.29 is 48.6 Å². The molecule has 5 N–H and O–H groups in total. The first-order valence-electron chi connectivity index (χ1n) is 16.4. The van der Waals surface area contributed by atoms with Gasteiger partial charge >= 0.3 is 5.97 Å². The maximum absolute atomic E-state index is 13.8. The Morgan fingerprint density at radius 1 is 1.19 bits per heavy atom. The molecule has 0 aromatic heterocycles. The van der Waals surface area contributed by atoms with Crippen molar-refractivity contribution >= 4 is 23.5 Å². The van der Waals surface area contributed by atoms with Gasteiger partial charge in [0.1, 0.15) is 24.8 Å². The molecule has 0 saturated heterocycles. The predicted octanol–water partition coefficient (Wildman–Crippen LogP) is 3.82. The SMILES string of the molecule is CCCCNC(=O)[C@@H](C[C@H](OC(=O)CCCON(O)O)C(N)CC(C)(C)CC(=O)N1C[C@H](COCOC)Oc2ccccc21)C(C)C. The number of nitrogens with one attached hydrogen (secondary N) is 1. The van der Waals surface area contributed by atoms with Crippen molar-refractivity contribution in [3.8, 4) is 5.75 Å². The maximum Gasteiger partial charge on any atom is 0.306 e. The number of ether oxygens (including phenoxy) is 4. The molecule has 0 fully saturated rings. The fourth-order valence-corrected chi connectivity index (χ4v) is 5.58. The van der Waals surface area contributed by atoms with E-state index in [0.717, 1.165) is 12.8 Å². The molecule has 47 heavy (non-hydrogen) atoms. The Morgan fingerprint density at radius 2 is 1.91 bits per heavy atom. The highest BCUT2D eigenvalue weighted by Gasteiger charge is 2.37. The van der Waals surface area contributed by atoms with Crippen LogP contribution in [0.2, 0.25) is 0 Å². The molecule has 0 saturated carbocycles. The van der Waals surface area contributed by atoms with Crippen LogP contribution in [0, 0.1) is 17.3 Å².